The van der Waals surface area contributed by atoms with Gasteiger partial charge in [0.05, 0.1) is 17.6 Å². The molecule has 1 aliphatic carbocycles. The molecule has 0 radical (unpaired) electrons. The van der Waals surface area contributed by atoms with Crippen LogP contribution < -0.4 is 5.73 Å². The normalized spacial score (nSPS) is 22.2. The average molecular weight is 346 g/mol. The van der Waals surface area contributed by atoms with Crippen molar-refractivity contribution < 1.29 is 4.39 Å². The summed E-state index contributed by atoms with van der Waals surface area (Å²) in [5, 5.41) is -0.000916. The summed E-state index contributed by atoms with van der Waals surface area (Å²) < 4.78 is 14.3. The van der Waals surface area contributed by atoms with Crippen molar-refractivity contribution in [1.29, 1.82) is 0 Å². The third-order valence-electron chi connectivity index (χ3n) is 4.18. The number of rotatable bonds is 4. The molecular formula is C19H21ClFN3. The average Bonchev–Trinajstić information content (AvgIpc) is 2.88. The van der Waals surface area contributed by atoms with E-state index in [0.717, 1.165) is 23.3 Å². The van der Waals surface area contributed by atoms with Crippen molar-refractivity contribution in [2.24, 2.45) is 10.7 Å². The van der Waals surface area contributed by atoms with Crippen molar-refractivity contribution in [3.8, 4) is 0 Å². The van der Waals surface area contributed by atoms with E-state index in [1.54, 1.807) is 12.1 Å². The molecule has 0 saturated heterocycles. The zero-order valence-electron chi connectivity index (χ0n) is 13.7. The minimum atomic E-state index is -0.283. The molecule has 5 heteroatoms. The monoisotopic (exact) mass is 345 g/mol. The van der Waals surface area contributed by atoms with Gasteiger partial charge in [-0.25, -0.2) is 4.39 Å². The highest BCUT2D eigenvalue weighted by Gasteiger charge is 2.23. The fourth-order valence-electron chi connectivity index (χ4n) is 3.02. The minimum Gasteiger partial charge on any atom is -0.401 e. The summed E-state index contributed by atoms with van der Waals surface area (Å²) in [7, 11) is 1.99. The van der Waals surface area contributed by atoms with Crippen LogP contribution in [0.25, 0.3) is 0 Å². The SMILES string of the molecule is CN1CC(N)=C(C(=NCC2=CC(Cl)CC=C2)c2ccccc2F)C1. The first-order valence-electron chi connectivity index (χ1n) is 8.01. The molecule has 0 bridgehead atoms. The molecule has 0 fully saturated rings. The van der Waals surface area contributed by atoms with Gasteiger partial charge < -0.3 is 5.73 Å². The van der Waals surface area contributed by atoms with Crippen molar-refractivity contribution in [3.05, 3.63) is 70.7 Å². The van der Waals surface area contributed by atoms with Gasteiger partial charge in [-0.05, 0) is 31.2 Å². The van der Waals surface area contributed by atoms with Crippen molar-refractivity contribution >= 4 is 17.3 Å². The maximum Gasteiger partial charge on any atom is 0.132 e. The van der Waals surface area contributed by atoms with E-state index in [1.807, 2.05) is 31.3 Å². The maximum atomic E-state index is 14.3. The molecule has 1 aromatic rings. The number of alkyl halides is 1. The molecule has 1 aromatic carbocycles. The summed E-state index contributed by atoms with van der Waals surface area (Å²) in [6.07, 6.45) is 6.91. The van der Waals surface area contributed by atoms with Gasteiger partial charge in [-0.1, -0.05) is 30.4 Å². The van der Waals surface area contributed by atoms with E-state index in [0.29, 0.717) is 30.9 Å². The second-order valence-corrected chi connectivity index (χ2v) is 6.78. The highest BCUT2D eigenvalue weighted by Crippen LogP contribution is 2.22. The maximum absolute atomic E-state index is 14.3. The van der Waals surface area contributed by atoms with E-state index >= 15 is 0 Å². The van der Waals surface area contributed by atoms with E-state index in [9.17, 15) is 4.39 Å². The number of nitrogens with zero attached hydrogens (tertiary/aromatic N) is 2. The molecule has 2 aliphatic rings. The summed E-state index contributed by atoms with van der Waals surface area (Å²) in [6.45, 7) is 1.81. The molecule has 1 atom stereocenters. The van der Waals surface area contributed by atoms with Crippen LogP contribution >= 0.6 is 11.6 Å². The Kier molecular flexibility index (Phi) is 5.17. The van der Waals surface area contributed by atoms with Gasteiger partial charge in [0.15, 0.2) is 0 Å². The molecule has 0 saturated carbocycles. The molecule has 1 aliphatic heterocycles. The van der Waals surface area contributed by atoms with E-state index < -0.39 is 0 Å². The van der Waals surface area contributed by atoms with Gasteiger partial charge in [0, 0.05) is 29.9 Å². The molecule has 1 unspecified atom stereocenters. The molecule has 0 aromatic heterocycles. The van der Waals surface area contributed by atoms with E-state index in [4.69, 9.17) is 22.3 Å². The van der Waals surface area contributed by atoms with Crippen LogP contribution in [0.3, 0.4) is 0 Å². The largest absolute Gasteiger partial charge is 0.401 e. The Balaban J connectivity index is 1.97. The van der Waals surface area contributed by atoms with Gasteiger partial charge in [-0.3, -0.25) is 9.89 Å². The standard InChI is InChI=1S/C19H21ClFN3/c1-24-11-16(18(22)12-24)19(15-7-2-3-8-17(15)21)23-10-13-5-4-6-14(20)9-13/h2-5,7-9,14H,6,10-12,22H2,1H3. The third-order valence-corrected chi connectivity index (χ3v) is 4.48. The lowest BCUT2D eigenvalue weighted by molar-refractivity contribution is 0.426. The summed E-state index contributed by atoms with van der Waals surface area (Å²) in [4.78, 5) is 6.81. The highest BCUT2D eigenvalue weighted by atomic mass is 35.5. The van der Waals surface area contributed by atoms with Crippen LogP contribution in [0.15, 0.2) is 64.3 Å². The fourth-order valence-corrected chi connectivity index (χ4v) is 3.28. The quantitative estimate of drug-likeness (QED) is 0.672. The Morgan fingerprint density at radius 3 is 2.83 bits per heavy atom. The number of likely N-dealkylation sites (N-methyl/N-ethyl adjacent to an activating group) is 1. The smallest absolute Gasteiger partial charge is 0.132 e. The first-order valence-corrected chi connectivity index (χ1v) is 8.45. The van der Waals surface area contributed by atoms with Gasteiger partial charge in [0.25, 0.3) is 0 Å². The van der Waals surface area contributed by atoms with Gasteiger partial charge >= 0.3 is 0 Å². The molecule has 0 spiro atoms. The Bertz CT molecular complexity index is 749. The van der Waals surface area contributed by atoms with E-state index in [-0.39, 0.29) is 11.2 Å². The van der Waals surface area contributed by atoms with Crippen LogP contribution in [0.4, 0.5) is 4.39 Å². The predicted octanol–water partition coefficient (Wildman–Crippen LogP) is 3.27. The van der Waals surface area contributed by atoms with E-state index in [1.165, 1.54) is 6.07 Å². The molecule has 126 valence electrons. The first kappa shape index (κ1) is 16.9. The lowest BCUT2D eigenvalue weighted by Crippen LogP contribution is -2.18. The zero-order chi connectivity index (χ0) is 17.1. The van der Waals surface area contributed by atoms with Gasteiger partial charge in [-0.2, -0.15) is 0 Å². The number of nitrogens with two attached hydrogens (primary N) is 1. The van der Waals surface area contributed by atoms with Crippen molar-refractivity contribution in [1.82, 2.24) is 4.90 Å². The predicted molar refractivity (Wildman–Crippen MR) is 98.0 cm³/mol. The van der Waals surface area contributed by atoms with Crippen molar-refractivity contribution in [3.63, 3.8) is 0 Å². The van der Waals surface area contributed by atoms with Gasteiger partial charge in [0.2, 0.25) is 0 Å². The van der Waals surface area contributed by atoms with Gasteiger partial charge in [-0.15, -0.1) is 11.6 Å². The zero-order valence-corrected chi connectivity index (χ0v) is 14.4. The second kappa shape index (κ2) is 7.32. The molecule has 24 heavy (non-hydrogen) atoms. The summed E-state index contributed by atoms with van der Waals surface area (Å²) >= 11 is 6.17. The first-order chi connectivity index (χ1) is 11.5. The Morgan fingerprint density at radius 2 is 2.17 bits per heavy atom. The molecule has 3 rings (SSSR count). The number of aliphatic imine (C=N–C) groups is 1. The van der Waals surface area contributed by atoms with Crippen LogP contribution in [-0.4, -0.2) is 42.7 Å². The van der Waals surface area contributed by atoms with E-state index in [2.05, 4.69) is 4.90 Å². The molecule has 0 amide bonds. The van der Waals surface area contributed by atoms with Crippen LogP contribution in [-0.2, 0) is 0 Å². The Morgan fingerprint density at radius 1 is 1.38 bits per heavy atom. The summed E-state index contributed by atoms with van der Waals surface area (Å²) in [5.74, 6) is -0.283. The Labute approximate surface area is 147 Å². The van der Waals surface area contributed by atoms with Crippen LogP contribution in [0.1, 0.15) is 12.0 Å². The highest BCUT2D eigenvalue weighted by molar-refractivity contribution is 6.22. The topological polar surface area (TPSA) is 41.6 Å². The minimum absolute atomic E-state index is 0.000916. The number of benzene rings is 1. The third kappa shape index (κ3) is 3.77. The molecule has 3 nitrogen and oxygen atoms in total. The number of halogens is 2. The lowest BCUT2D eigenvalue weighted by Gasteiger charge is -2.13. The lowest BCUT2D eigenvalue weighted by atomic mass is 10.0. The second-order valence-electron chi connectivity index (χ2n) is 6.22. The van der Waals surface area contributed by atoms with Crippen LogP contribution in [0, 0.1) is 5.82 Å². The Hall–Kier alpha value is -1.91. The molecular weight excluding hydrogens is 325 g/mol. The summed E-state index contributed by atoms with van der Waals surface area (Å²) in [5.41, 5.74) is 10.0. The molecule has 1 heterocycles. The van der Waals surface area contributed by atoms with Crippen LogP contribution in [0.5, 0.6) is 0 Å². The van der Waals surface area contributed by atoms with Gasteiger partial charge in [0.1, 0.15) is 5.82 Å². The number of allylic oxidation sites excluding steroid dienone is 2. The molecule has 2 N–H and O–H groups in total. The fraction of sp³-hybridized carbons (Fsp3) is 0.316. The number of hydrogen-bond acceptors (Lipinski definition) is 3. The van der Waals surface area contributed by atoms with Crippen LogP contribution in [0.2, 0.25) is 0 Å². The van der Waals surface area contributed by atoms with Crippen molar-refractivity contribution in [2.45, 2.75) is 11.8 Å². The number of hydrogen-bond donors (Lipinski definition) is 1. The summed E-state index contributed by atoms with van der Waals surface area (Å²) in [6, 6.07) is 6.70. The van der Waals surface area contributed by atoms with Crippen molar-refractivity contribution in [2.75, 3.05) is 26.7 Å².